The highest BCUT2D eigenvalue weighted by Gasteiger charge is 2.12. The van der Waals surface area contributed by atoms with Crippen molar-refractivity contribution < 1.29 is 14.3 Å². The van der Waals surface area contributed by atoms with Crippen LogP contribution in [0, 0.1) is 11.3 Å². The van der Waals surface area contributed by atoms with Gasteiger partial charge in [-0.1, -0.05) is 17.8 Å². The molecule has 0 radical (unpaired) electrons. The van der Waals surface area contributed by atoms with Crippen LogP contribution >= 0.6 is 11.8 Å². The standard InChI is InChI=1S/C20H19N5O3S/c1-25-18(12-28-17-8-6-16(27-2)7-9-17)23-24-20(25)29-13-19(26)22-15-5-3-4-14(10-15)11-21/h3-10H,12-13H2,1-2H3,(H,22,26). The minimum Gasteiger partial charge on any atom is -0.497 e. The van der Waals surface area contributed by atoms with Crippen molar-refractivity contribution in [3.05, 3.63) is 59.9 Å². The van der Waals surface area contributed by atoms with Crippen LogP contribution in [0.15, 0.2) is 53.7 Å². The third-order valence-electron chi connectivity index (χ3n) is 3.96. The minimum atomic E-state index is -0.191. The van der Waals surface area contributed by atoms with Crippen molar-refractivity contribution in [1.29, 1.82) is 5.26 Å². The number of carbonyl (C=O) groups is 1. The number of nitrogens with zero attached hydrogens (tertiary/aromatic N) is 4. The van der Waals surface area contributed by atoms with Crippen molar-refractivity contribution in [3.8, 4) is 17.6 Å². The molecule has 0 saturated carbocycles. The van der Waals surface area contributed by atoms with Gasteiger partial charge in [0.2, 0.25) is 5.91 Å². The quantitative estimate of drug-likeness (QED) is 0.571. The zero-order valence-corrected chi connectivity index (χ0v) is 16.8. The number of hydrogen-bond acceptors (Lipinski definition) is 7. The van der Waals surface area contributed by atoms with Gasteiger partial charge in [-0.15, -0.1) is 10.2 Å². The molecule has 8 nitrogen and oxygen atoms in total. The van der Waals surface area contributed by atoms with E-state index in [0.717, 1.165) is 5.75 Å². The molecule has 1 N–H and O–H groups in total. The van der Waals surface area contributed by atoms with E-state index in [0.29, 0.717) is 28.0 Å². The molecule has 0 saturated heterocycles. The topological polar surface area (TPSA) is 102 Å². The number of methoxy groups -OCH3 is 1. The van der Waals surface area contributed by atoms with Gasteiger partial charge in [-0.3, -0.25) is 4.79 Å². The van der Waals surface area contributed by atoms with E-state index in [-0.39, 0.29) is 18.3 Å². The average Bonchev–Trinajstić information content (AvgIpc) is 3.10. The molecule has 0 aliphatic carbocycles. The van der Waals surface area contributed by atoms with E-state index in [1.54, 1.807) is 35.9 Å². The first-order chi connectivity index (χ1) is 14.1. The smallest absolute Gasteiger partial charge is 0.234 e. The highest BCUT2D eigenvalue weighted by atomic mass is 32.2. The SMILES string of the molecule is COc1ccc(OCc2nnc(SCC(=O)Nc3cccc(C#N)c3)n2C)cc1. The van der Waals surface area contributed by atoms with E-state index < -0.39 is 0 Å². The fourth-order valence-electron chi connectivity index (χ4n) is 2.41. The zero-order chi connectivity index (χ0) is 20.6. The summed E-state index contributed by atoms with van der Waals surface area (Å²) in [5.41, 5.74) is 1.08. The molecule has 2 aromatic carbocycles. The van der Waals surface area contributed by atoms with Crippen LogP contribution in [-0.2, 0) is 18.4 Å². The molecule has 0 bridgehead atoms. The summed E-state index contributed by atoms with van der Waals surface area (Å²) < 4.78 is 12.6. The number of amides is 1. The predicted molar refractivity (Wildman–Crippen MR) is 109 cm³/mol. The lowest BCUT2D eigenvalue weighted by Crippen LogP contribution is -2.14. The number of nitrogens with one attached hydrogen (secondary N) is 1. The molecule has 0 atom stereocenters. The van der Waals surface area contributed by atoms with Crippen LogP contribution in [0.1, 0.15) is 11.4 Å². The van der Waals surface area contributed by atoms with Gasteiger partial charge in [0.05, 0.1) is 24.5 Å². The molecule has 9 heteroatoms. The van der Waals surface area contributed by atoms with Crippen molar-refractivity contribution in [2.75, 3.05) is 18.2 Å². The minimum absolute atomic E-state index is 0.169. The van der Waals surface area contributed by atoms with E-state index >= 15 is 0 Å². The average molecular weight is 409 g/mol. The maximum atomic E-state index is 12.2. The first kappa shape index (κ1) is 20.2. The maximum absolute atomic E-state index is 12.2. The van der Waals surface area contributed by atoms with Gasteiger partial charge in [-0.25, -0.2) is 0 Å². The van der Waals surface area contributed by atoms with Crippen molar-refractivity contribution in [2.24, 2.45) is 7.05 Å². The summed E-state index contributed by atoms with van der Waals surface area (Å²) in [6.45, 7) is 0.254. The van der Waals surface area contributed by atoms with Gasteiger partial charge < -0.3 is 19.4 Å². The highest BCUT2D eigenvalue weighted by Crippen LogP contribution is 2.20. The molecule has 0 aliphatic heterocycles. The Morgan fingerprint density at radius 2 is 1.97 bits per heavy atom. The second kappa shape index (κ2) is 9.61. The lowest BCUT2D eigenvalue weighted by molar-refractivity contribution is -0.113. The number of rotatable bonds is 8. The van der Waals surface area contributed by atoms with Gasteiger partial charge in [-0.05, 0) is 42.5 Å². The zero-order valence-electron chi connectivity index (χ0n) is 16.0. The molecule has 3 rings (SSSR count). The predicted octanol–water partition coefficient (Wildman–Crippen LogP) is 3.01. The largest absolute Gasteiger partial charge is 0.497 e. The second-order valence-corrected chi connectivity index (χ2v) is 6.89. The number of benzene rings is 2. The number of thioether (sulfide) groups is 1. The summed E-state index contributed by atoms with van der Waals surface area (Å²) in [6.07, 6.45) is 0. The lowest BCUT2D eigenvalue weighted by atomic mass is 10.2. The third kappa shape index (κ3) is 5.49. The number of nitriles is 1. The Morgan fingerprint density at radius 3 is 2.69 bits per heavy atom. The highest BCUT2D eigenvalue weighted by molar-refractivity contribution is 7.99. The first-order valence-corrected chi connectivity index (χ1v) is 9.65. The molecule has 1 amide bonds. The van der Waals surface area contributed by atoms with Gasteiger partial charge in [0.25, 0.3) is 0 Å². The van der Waals surface area contributed by atoms with Gasteiger partial charge in [-0.2, -0.15) is 5.26 Å². The maximum Gasteiger partial charge on any atom is 0.234 e. The Balaban J connectivity index is 1.52. The fraction of sp³-hybridized carbons (Fsp3) is 0.200. The summed E-state index contributed by atoms with van der Waals surface area (Å²) in [7, 11) is 3.43. The summed E-state index contributed by atoms with van der Waals surface area (Å²) in [5.74, 6) is 2.08. The number of ether oxygens (including phenoxy) is 2. The number of aromatic nitrogens is 3. The van der Waals surface area contributed by atoms with Gasteiger partial charge in [0.1, 0.15) is 18.1 Å². The van der Waals surface area contributed by atoms with E-state index in [4.69, 9.17) is 14.7 Å². The molecule has 1 heterocycles. The molecule has 29 heavy (non-hydrogen) atoms. The molecule has 0 fully saturated rings. The van der Waals surface area contributed by atoms with Crippen LogP contribution in [0.3, 0.4) is 0 Å². The van der Waals surface area contributed by atoms with Crippen LogP contribution in [0.2, 0.25) is 0 Å². The molecule has 0 aliphatic rings. The van der Waals surface area contributed by atoms with Crippen LogP contribution in [0.5, 0.6) is 11.5 Å². The first-order valence-electron chi connectivity index (χ1n) is 8.67. The number of anilines is 1. The van der Waals surface area contributed by atoms with Crippen molar-refractivity contribution in [2.45, 2.75) is 11.8 Å². The molecular formula is C20H19N5O3S. The van der Waals surface area contributed by atoms with Gasteiger partial charge in [0.15, 0.2) is 11.0 Å². The van der Waals surface area contributed by atoms with Crippen molar-refractivity contribution in [3.63, 3.8) is 0 Å². The van der Waals surface area contributed by atoms with Crippen LogP contribution in [0.4, 0.5) is 5.69 Å². The van der Waals surface area contributed by atoms with Crippen LogP contribution in [-0.4, -0.2) is 33.5 Å². The third-order valence-corrected chi connectivity index (χ3v) is 4.98. The van der Waals surface area contributed by atoms with E-state index in [9.17, 15) is 4.79 Å². The van der Waals surface area contributed by atoms with E-state index in [1.807, 2.05) is 37.4 Å². The Bertz CT molecular complexity index is 1030. The molecule has 148 valence electrons. The Labute approximate surface area is 172 Å². The summed E-state index contributed by atoms with van der Waals surface area (Å²) in [6, 6.07) is 16.1. The van der Waals surface area contributed by atoms with Gasteiger partial charge in [0, 0.05) is 12.7 Å². The summed E-state index contributed by atoms with van der Waals surface area (Å²) in [4.78, 5) is 12.2. The summed E-state index contributed by atoms with van der Waals surface area (Å²) in [5, 5.41) is 20.5. The van der Waals surface area contributed by atoms with E-state index in [2.05, 4.69) is 15.5 Å². The molecule has 0 unspecified atom stereocenters. The lowest BCUT2D eigenvalue weighted by Gasteiger charge is -2.08. The summed E-state index contributed by atoms with van der Waals surface area (Å²) >= 11 is 1.27. The Kier molecular flexibility index (Phi) is 6.71. The number of carbonyl (C=O) groups excluding carboxylic acids is 1. The van der Waals surface area contributed by atoms with Crippen molar-refractivity contribution in [1.82, 2.24) is 14.8 Å². The Morgan fingerprint density at radius 1 is 1.21 bits per heavy atom. The fourth-order valence-corrected chi connectivity index (χ4v) is 3.14. The van der Waals surface area contributed by atoms with Crippen LogP contribution < -0.4 is 14.8 Å². The van der Waals surface area contributed by atoms with Gasteiger partial charge >= 0.3 is 0 Å². The monoisotopic (exact) mass is 409 g/mol. The molecule has 1 aromatic heterocycles. The Hall–Kier alpha value is -3.51. The van der Waals surface area contributed by atoms with Crippen molar-refractivity contribution >= 4 is 23.4 Å². The normalized spacial score (nSPS) is 10.2. The van der Waals surface area contributed by atoms with Crippen LogP contribution in [0.25, 0.3) is 0 Å². The second-order valence-electron chi connectivity index (χ2n) is 5.95. The molecule has 0 spiro atoms. The van der Waals surface area contributed by atoms with E-state index in [1.165, 1.54) is 11.8 Å². The number of hydrogen-bond donors (Lipinski definition) is 1. The molecule has 3 aromatic rings. The molecular weight excluding hydrogens is 390 g/mol.